The summed E-state index contributed by atoms with van der Waals surface area (Å²) >= 11 is 1.55. The van der Waals surface area contributed by atoms with E-state index in [2.05, 4.69) is 5.32 Å². The zero-order chi connectivity index (χ0) is 11.1. The van der Waals surface area contributed by atoms with Crippen LogP contribution in [0.5, 0.6) is 0 Å². The first-order chi connectivity index (χ1) is 7.22. The standard InChI is InChI=1S/C11H15NO2S/c1-12-11(14)7-9(13)8-15-10-5-3-2-4-6-10/h2-6,9,13H,7-8H2,1H3,(H,12,14)/t9-/m1/s1. The predicted octanol–water partition coefficient (Wildman–Crippen LogP) is 1.28. The van der Waals surface area contributed by atoms with E-state index < -0.39 is 6.10 Å². The van der Waals surface area contributed by atoms with Crippen molar-refractivity contribution in [2.24, 2.45) is 0 Å². The molecule has 1 aromatic rings. The van der Waals surface area contributed by atoms with Crippen molar-refractivity contribution < 1.29 is 9.90 Å². The van der Waals surface area contributed by atoms with Crippen LogP contribution >= 0.6 is 11.8 Å². The Morgan fingerprint density at radius 2 is 2.13 bits per heavy atom. The summed E-state index contributed by atoms with van der Waals surface area (Å²) < 4.78 is 0. The minimum Gasteiger partial charge on any atom is -0.392 e. The number of hydrogen-bond acceptors (Lipinski definition) is 3. The molecule has 0 aliphatic rings. The molecule has 0 radical (unpaired) electrons. The van der Waals surface area contributed by atoms with Gasteiger partial charge in [-0.1, -0.05) is 18.2 Å². The molecule has 82 valence electrons. The fourth-order valence-corrected chi connectivity index (χ4v) is 1.94. The Kier molecular flexibility index (Phi) is 5.21. The first-order valence-corrected chi connectivity index (χ1v) is 5.77. The van der Waals surface area contributed by atoms with Crippen molar-refractivity contribution in [3.63, 3.8) is 0 Å². The molecule has 0 aromatic heterocycles. The second kappa shape index (κ2) is 6.48. The molecule has 0 unspecified atom stereocenters. The molecule has 0 bridgehead atoms. The maximum atomic E-state index is 11.0. The molecule has 0 aliphatic carbocycles. The third-order valence-electron chi connectivity index (χ3n) is 1.89. The summed E-state index contributed by atoms with van der Waals surface area (Å²) in [5, 5.41) is 12.0. The van der Waals surface area contributed by atoms with Gasteiger partial charge in [0.15, 0.2) is 0 Å². The van der Waals surface area contributed by atoms with E-state index in [1.54, 1.807) is 18.8 Å². The summed E-state index contributed by atoms with van der Waals surface area (Å²) in [4.78, 5) is 12.1. The fourth-order valence-electron chi connectivity index (χ4n) is 1.08. The van der Waals surface area contributed by atoms with Crippen LogP contribution in [0.25, 0.3) is 0 Å². The summed E-state index contributed by atoms with van der Waals surface area (Å²) in [7, 11) is 1.57. The number of carbonyl (C=O) groups excluding carboxylic acids is 1. The van der Waals surface area contributed by atoms with Crippen molar-refractivity contribution in [1.29, 1.82) is 0 Å². The average molecular weight is 225 g/mol. The topological polar surface area (TPSA) is 49.3 Å². The first kappa shape index (κ1) is 12.1. The van der Waals surface area contributed by atoms with Crippen LogP contribution in [0, 0.1) is 0 Å². The molecule has 0 fully saturated rings. The number of hydrogen-bond donors (Lipinski definition) is 2. The summed E-state index contributed by atoms with van der Waals surface area (Å²) in [6, 6.07) is 9.82. The summed E-state index contributed by atoms with van der Waals surface area (Å²) in [6.07, 6.45) is -0.425. The molecule has 0 spiro atoms. The molecule has 1 rings (SSSR count). The smallest absolute Gasteiger partial charge is 0.222 e. The fraction of sp³-hybridized carbons (Fsp3) is 0.364. The SMILES string of the molecule is CNC(=O)C[C@@H](O)CSc1ccccc1. The van der Waals surface area contributed by atoms with E-state index in [1.807, 2.05) is 30.3 Å². The Morgan fingerprint density at radius 3 is 2.73 bits per heavy atom. The number of amides is 1. The van der Waals surface area contributed by atoms with Gasteiger partial charge in [0.05, 0.1) is 12.5 Å². The van der Waals surface area contributed by atoms with Crippen molar-refractivity contribution in [3.05, 3.63) is 30.3 Å². The molecular weight excluding hydrogens is 210 g/mol. The minimum atomic E-state index is -0.588. The van der Waals surface area contributed by atoms with Crippen LogP contribution in [0.15, 0.2) is 35.2 Å². The maximum absolute atomic E-state index is 11.0. The van der Waals surface area contributed by atoms with Gasteiger partial charge in [0.1, 0.15) is 0 Å². The Balaban J connectivity index is 2.28. The van der Waals surface area contributed by atoms with Gasteiger partial charge in [-0.15, -0.1) is 11.8 Å². The van der Waals surface area contributed by atoms with E-state index in [4.69, 9.17) is 0 Å². The van der Waals surface area contributed by atoms with E-state index in [0.29, 0.717) is 5.75 Å². The van der Waals surface area contributed by atoms with Crippen molar-refractivity contribution in [2.45, 2.75) is 17.4 Å². The largest absolute Gasteiger partial charge is 0.392 e. The van der Waals surface area contributed by atoms with Gasteiger partial charge < -0.3 is 10.4 Å². The zero-order valence-electron chi connectivity index (χ0n) is 8.64. The van der Waals surface area contributed by atoms with Gasteiger partial charge in [-0.3, -0.25) is 4.79 Å². The zero-order valence-corrected chi connectivity index (χ0v) is 9.46. The quantitative estimate of drug-likeness (QED) is 0.742. The number of thioether (sulfide) groups is 1. The van der Waals surface area contributed by atoms with Crippen LogP contribution < -0.4 is 5.32 Å². The highest BCUT2D eigenvalue weighted by Crippen LogP contribution is 2.18. The summed E-state index contributed by atoms with van der Waals surface area (Å²) in [5.74, 6) is 0.411. The Bertz CT molecular complexity index is 303. The Labute approximate surface area is 93.9 Å². The number of aliphatic hydroxyl groups is 1. The minimum absolute atomic E-state index is 0.129. The molecule has 2 N–H and O–H groups in total. The van der Waals surface area contributed by atoms with Gasteiger partial charge in [0, 0.05) is 17.7 Å². The average Bonchev–Trinajstić information content (AvgIpc) is 2.27. The normalized spacial score (nSPS) is 12.1. The molecule has 0 aliphatic heterocycles. The summed E-state index contributed by atoms with van der Waals surface area (Å²) in [5.41, 5.74) is 0. The lowest BCUT2D eigenvalue weighted by Crippen LogP contribution is -2.25. The third-order valence-corrected chi connectivity index (χ3v) is 3.04. The van der Waals surface area contributed by atoms with E-state index in [1.165, 1.54) is 0 Å². The van der Waals surface area contributed by atoms with Crippen LogP contribution in [-0.4, -0.2) is 29.9 Å². The molecule has 0 saturated carbocycles. The van der Waals surface area contributed by atoms with Gasteiger partial charge in [0.25, 0.3) is 0 Å². The Morgan fingerprint density at radius 1 is 1.47 bits per heavy atom. The van der Waals surface area contributed by atoms with Crippen molar-refractivity contribution >= 4 is 17.7 Å². The lowest BCUT2D eigenvalue weighted by Gasteiger charge is -2.08. The molecule has 1 amide bonds. The van der Waals surface area contributed by atoms with Crippen molar-refractivity contribution in [1.82, 2.24) is 5.32 Å². The van der Waals surface area contributed by atoms with Crippen LogP contribution in [0.2, 0.25) is 0 Å². The van der Waals surface area contributed by atoms with Crippen molar-refractivity contribution in [2.75, 3.05) is 12.8 Å². The van der Waals surface area contributed by atoms with Crippen LogP contribution in [0.1, 0.15) is 6.42 Å². The van der Waals surface area contributed by atoms with Crippen LogP contribution in [0.4, 0.5) is 0 Å². The molecule has 4 heteroatoms. The lowest BCUT2D eigenvalue weighted by atomic mass is 10.3. The molecule has 1 atom stereocenters. The number of carbonyl (C=O) groups is 1. The van der Waals surface area contributed by atoms with E-state index in [0.717, 1.165) is 4.90 Å². The molecule has 0 heterocycles. The lowest BCUT2D eigenvalue weighted by molar-refractivity contribution is -0.122. The van der Waals surface area contributed by atoms with Crippen molar-refractivity contribution in [3.8, 4) is 0 Å². The monoisotopic (exact) mass is 225 g/mol. The second-order valence-corrected chi connectivity index (χ2v) is 4.25. The molecule has 3 nitrogen and oxygen atoms in total. The number of nitrogens with one attached hydrogen (secondary N) is 1. The number of rotatable bonds is 5. The van der Waals surface area contributed by atoms with Gasteiger partial charge in [0.2, 0.25) is 5.91 Å². The second-order valence-electron chi connectivity index (χ2n) is 3.16. The highest BCUT2D eigenvalue weighted by Gasteiger charge is 2.09. The van der Waals surface area contributed by atoms with E-state index in [-0.39, 0.29) is 12.3 Å². The third kappa shape index (κ3) is 4.85. The molecule has 0 saturated heterocycles. The molecule has 15 heavy (non-hydrogen) atoms. The number of aliphatic hydroxyl groups excluding tert-OH is 1. The molecule has 1 aromatic carbocycles. The van der Waals surface area contributed by atoms with E-state index >= 15 is 0 Å². The van der Waals surface area contributed by atoms with Crippen LogP contribution in [0.3, 0.4) is 0 Å². The van der Waals surface area contributed by atoms with E-state index in [9.17, 15) is 9.90 Å². The van der Waals surface area contributed by atoms with Gasteiger partial charge in [-0.05, 0) is 12.1 Å². The number of benzene rings is 1. The highest BCUT2D eigenvalue weighted by molar-refractivity contribution is 7.99. The van der Waals surface area contributed by atoms with Crippen LogP contribution in [-0.2, 0) is 4.79 Å². The predicted molar refractivity (Wildman–Crippen MR) is 61.9 cm³/mol. The maximum Gasteiger partial charge on any atom is 0.222 e. The van der Waals surface area contributed by atoms with Gasteiger partial charge in [-0.25, -0.2) is 0 Å². The highest BCUT2D eigenvalue weighted by atomic mass is 32.2. The first-order valence-electron chi connectivity index (χ1n) is 4.79. The Hall–Kier alpha value is -1.00. The van der Waals surface area contributed by atoms with Gasteiger partial charge >= 0.3 is 0 Å². The molecular formula is C11H15NO2S. The van der Waals surface area contributed by atoms with Gasteiger partial charge in [-0.2, -0.15) is 0 Å². The summed E-state index contributed by atoms with van der Waals surface area (Å²) in [6.45, 7) is 0.